The first-order valence-corrected chi connectivity index (χ1v) is 12.0. The van der Waals surface area contributed by atoms with Crippen molar-refractivity contribution in [2.24, 2.45) is 7.05 Å². The zero-order chi connectivity index (χ0) is 25.4. The number of alkyl halides is 3. The van der Waals surface area contributed by atoms with E-state index in [1.807, 2.05) is 6.92 Å². The van der Waals surface area contributed by atoms with Crippen LogP contribution in [0.2, 0.25) is 0 Å². The summed E-state index contributed by atoms with van der Waals surface area (Å²) in [5.74, 6) is -1.26. The predicted molar refractivity (Wildman–Crippen MR) is 117 cm³/mol. The Morgan fingerprint density at radius 2 is 1.97 bits per heavy atom. The summed E-state index contributed by atoms with van der Waals surface area (Å²) in [6, 6.07) is 3.62. The maximum Gasteiger partial charge on any atom is 0.422 e. The molecule has 4 heterocycles. The minimum atomic E-state index is -4.64. The molecule has 1 N–H and O–H groups in total. The van der Waals surface area contributed by atoms with E-state index in [1.165, 1.54) is 16.7 Å². The number of fused-ring (bicyclic) bond motifs is 1. The van der Waals surface area contributed by atoms with Crippen molar-refractivity contribution in [2.75, 3.05) is 18.1 Å². The molecule has 0 aromatic carbocycles. The first-order valence-electron chi connectivity index (χ1n) is 10.5. The number of ether oxygens (including phenoxy) is 2. The number of carbonyl (C=O) groups excluding carboxylic acids is 1. The number of rotatable bonds is 6. The van der Waals surface area contributed by atoms with Crippen molar-refractivity contribution in [3.8, 4) is 17.5 Å². The van der Waals surface area contributed by atoms with Crippen molar-refractivity contribution >= 4 is 27.9 Å². The van der Waals surface area contributed by atoms with Crippen molar-refractivity contribution in [3.63, 3.8) is 0 Å². The van der Waals surface area contributed by atoms with E-state index >= 15 is 0 Å². The third-order valence-electron chi connectivity index (χ3n) is 5.45. The van der Waals surface area contributed by atoms with E-state index in [-0.39, 0.29) is 17.4 Å². The molecule has 1 aliphatic heterocycles. The molecule has 0 spiro atoms. The normalized spacial score (nSPS) is 20.6. The lowest BCUT2D eigenvalue weighted by molar-refractivity contribution is -0.153. The zero-order valence-corrected chi connectivity index (χ0v) is 19.5. The van der Waals surface area contributed by atoms with Crippen LogP contribution in [0.25, 0.3) is 11.2 Å². The number of halogens is 4. The Hall–Kier alpha value is -3.29. The average molecular weight is 515 g/mol. The van der Waals surface area contributed by atoms with E-state index in [0.717, 1.165) is 12.3 Å². The summed E-state index contributed by atoms with van der Waals surface area (Å²) in [6.45, 7) is 0.234. The molecule has 1 amide bonds. The van der Waals surface area contributed by atoms with Gasteiger partial charge in [-0.15, -0.1) is 0 Å². The van der Waals surface area contributed by atoms with E-state index < -0.39 is 52.5 Å². The minimum Gasteiger partial charge on any atom is -0.478 e. The van der Waals surface area contributed by atoms with Gasteiger partial charge in [-0.3, -0.25) is 9.00 Å². The molecule has 4 rings (SSSR count). The summed E-state index contributed by atoms with van der Waals surface area (Å²) in [4.78, 5) is 25.1. The van der Waals surface area contributed by atoms with Gasteiger partial charge in [0.15, 0.2) is 18.0 Å². The largest absolute Gasteiger partial charge is 0.478 e. The lowest BCUT2D eigenvalue weighted by Gasteiger charge is -2.33. The summed E-state index contributed by atoms with van der Waals surface area (Å²) in [6.07, 6.45) is -2.72. The van der Waals surface area contributed by atoms with Crippen LogP contribution in [0.5, 0.6) is 17.5 Å². The van der Waals surface area contributed by atoms with Gasteiger partial charge >= 0.3 is 6.18 Å². The van der Waals surface area contributed by atoms with E-state index in [9.17, 15) is 26.6 Å². The molecule has 0 saturated carbocycles. The number of aromatic nitrogens is 4. The minimum absolute atomic E-state index is 0.0786. The molecule has 14 heteroatoms. The van der Waals surface area contributed by atoms with Gasteiger partial charge in [0.25, 0.3) is 11.8 Å². The van der Waals surface area contributed by atoms with Crippen LogP contribution in [0.4, 0.5) is 17.6 Å². The number of aryl methyl sites for hydroxylation is 1. The van der Waals surface area contributed by atoms with Crippen LogP contribution in [0.1, 0.15) is 30.4 Å². The third-order valence-corrected chi connectivity index (χ3v) is 6.77. The van der Waals surface area contributed by atoms with E-state index in [4.69, 9.17) is 4.74 Å². The smallest absolute Gasteiger partial charge is 0.422 e. The van der Waals surface area contributed by atoms with Gasteiger partial charge in [-0.05, 0) is 25.8 Å². The molecule has 1 saturated heterocycles. The number of amides is 1. The topological polar surface area (TPSA) is 108 Å². The van der Waals surface area contributed by atoms with Gasteiger partial charge in [-0.2, -0.15) is 18.2 Å². The van der Waals surface area contributed by atoms with E-state index in [0.29, 0.717) is 29.9 Å². The predicted octanol–water partition coefficient (Wildman–Crippen LogP) is 3.27. The van der Waals surface area contributed by atoms with Crippen molar-refractivity contribution in [3.05, 3.63) is 36.0 Å². The first kappa shape index (κ1) is 24.8. The summed E-state index contributed by atoms with van der Waals surface area (Å²) in [7, 11) is 0.698. The van der Waals surface area contributed by atoms with Gasteiger partial charge in [-0.1, -0.05) is 0 Å². The molecule has 1 aliphatic rings. The molecule has 0 radical (unpaired) electrons. The van der Waals surface area contributed by atoms with Gasteiger partial charge < -0.3 is 19.4 Å². The maximum atomic E-state index is 13.5. The highest BCUT2D eigenvalue weighted by molar-refractivity contribution is 7.85. The maximum absolute atomic E-state index is 13.5. The Labute approximate surface area is 199 Å². The molecule has 35 heavy (non-hydrogen) atoms. The SMILES string of the molecule is Cn1c(C(=O)NC2(C)CCS(=O)CC2)nc2ccc(Oc3ncc(F)cc3OCC(F)(F)F)nc21. The Balaban J connectivity index is 1.56. The number of hydrogen-bond acceptors (Lipinski definition) is 7. The Kier molecular flexibility index (Phi) is 6.66. The zero-order valence-electron chi connectivity index (χ0n) is 18.7. The Morgan fingerprint density at radius 1 is 1.26 bits per heavy atom. The van der Waals surface area contributed by atoms with Crippen LogP contribution in [0.15, 0.2) is 24.4 Å². The second-order valence-corrected chi connectivity index (χ2v) is 10.0. The highest BCUT2D eigenvalue weighted by Crippen LogP contribution is 2.31. The van der Waals surface area contributed by atoms with Gasteiger partial charge in [0.1, 0.15) is 11.3 Å². The molecular formula is C21H21F4N5O4S. The van der Waals surface area contributed by atoms with Crippen molar-refractivity contribution < 1.29 is 36.0 Å². The highest BCUT2D eigenvalue weighted by atomic mass is 32.2. The number of nitrogens with zero attached hydrogens (tertiary/aromatic N) is 4. The van der Waals surface area contributed by atoms with Crippen LogP contribution in [-0.2, 0) is 17.8 Å². The summed E-state index contributed by atoms with van der Waals surface area (Å²) in [5, 5.41) is 2.96. The fraction of sp³-hybridized carbons (Fsp3) is 0.429. The van der Waals surface area contributed by atoms with Gasteiger partial charge in [0, 0.05) is 47.0 Å². The van der Waals surface area contributed by atoms with Crippen molar-refractivity contribution in [1.29, 1.82) is 0 Å². The fourth-order valence-electron chi connectivity index (χ4n) is 3.51. The standard InChI is InChI=1S/C21H21F4N5O4S/c1-20(5-7-35(32)8-6-20)29-18(31)17-27-13-3-4-15(28-16(13)30(17)2)34-19-14(9-12(22)10-26-19)33-11-21(23,24)25/h3-4,9-10H,5-8,11H2,1-2H3,(H,29,31). The summed E-state index contributed by atoms with van der Waals surface area (Å²) >= 11 is 0. The van der Waals surface area contributed by atoms with Crippen LogP contribution in [0, 0.1) is 5.82 Å². The monoisotopic (exact) mass is 515 g/mol. The van der Waals surface area contributed by atoms with Crippen molar-refractivity contribution in [1.82, 2.24) is 24.8 Å². The Morgan fingerprint density at radius 3 is 2.66 bits per heavy atom. The van der Waals surface area contributed by atoms with Crippen molar-refractivity contribution in [2.45, 2.75) is 31.5 Å². The molecule has 3 aromatic heterocycles. The van der Waals surface area contributed by atoms with Crippen LogP contribution in [-0.4, -0.2) is 59.5 Å². The molecule has 3 aromatic rings. The van der Waals surface area contributed by atoms with Crippen LogP contribution >= 0.6 is 0 Å². The lowest BCUT2D eigenvalue weighted by Crippen LogP contribution is -2.50. The second-order valence-electron chi connectivity index (χ2n) is 8.31. The fourth-order valence-corrected chi connectivity index (χ4v) is 5.07. The van der Waals surface area contributed by atoms with E-state index in [2.05, 4.69) is 25.0 Å². The molecule has 0 unspecified atom stereocenters. The number of carbonyl (C=O) groups is 1. The molecule has 0 bridgehead atoms. The Bertz CT molecular complexity index is 1290. The average Bonchev–Trinajstić information content (AvgIpc) is 3.12. The number of nitrogens with one attached hydrogen (secondary N) is 1. The molecule has 0 atom stereocenters. The second kappa shape index (κ2) is 9.40. The summed E-state index contributed by atoms with van der Waals surface area (Å²) in [5.41, 5.74) is 0.134. The molecule has 9 nitrogen and oxygen atoms in total. The van der Waals surface area contributed by atoms with Crippen LogP contribution < -0.4 is 14.8 Å². The number of hydrogen-bond donors (Lipinski definition) is 1. The lowest BCUT2D eigenvalue weighted by atomic mass is 9.95. The molecule has 188 valence electrons. The third kappa shape index (κ3) is 5.86. The van der Waals surface area contributed by atoms with E-state index in [1.54, 1.807) is 7.05 Å². The quantitative estimate of drug-likeness (QED) is 0.502. The number of pyridine rings is 2. The van der Waals surface area contributed by atoms with Gasteiger partial charge in [-0.25, -0.2) is 14.4 Å². The molecule has 0 aliphatic carbocycles. The molecular weight excluding hydrogens is 494 g/mol. The number of imidazole rings is 1. The van der Waals surface area contributed by atoms with Gasteiger partial charge in [0.05, 0.1) is 6.20 Å². The van der Waals surface area contributed by atoms with Gasteiger partial charge in [0.2, 0.25) is 11.7 Å². The highest BCUT2D eigenvalue weighted by Gasteiger charge is 2.33. The molecule has 1 fully saturated rings. The first-order chi connectivity index (χ1) is 16.4. The summed E-state index contributed by atoms with van der Waals surface area (Å²) < 4.78 is 74.2. The van der Waals surface area contributed by atoms with Crippen LogP contribution in [0.3, 0.4) is 0 Å².